The van der Waals surface area contributed by atoms with E-state index >= 15 is 0 Å². The molecule has 3 nitrogen and oxygen atoms in total. The molecule has 0 radical (unpaired) electrons. The summed E-state index contributed by atoms with van der Waals surface area (Å²) in [5.74, 6) is 0.832. The molecule has 4 saturated carbocycles. The molecule has 4 bridgehead atoms. The average molecular weight is 222 g/mol. The summed E-state index contributed by atoms with van der Waals surface area (Å²) in [6.07, 6.45) is 4.33. The number of hydrogen-bond donors (Lipinski definition) is 1. The third kappa shape index (κ3) is 1.34. The molecule has 0 aromatic carbocycles. The third-order valence-electron chi connectivity index (χ3n) is 4.53. The van der Waals surface area contributed by atoms with Crippen molar-refractivity contribution in [1.82, 2.24) is 0 Å². The summed E-state index contributed by atoms with van der Waals surface area (Å²) < 4.78 is 5.60. The predicted octanol–water partition coefficient (Wildman–Crippen LogP) is 1.80. The fourth-order valence-electron chi connectivity index (χ4n) is 4.20. The fraction of sp³-hybridized carbons (Fsp3) is 0.769. The minimum Gasteiger partial charge on any atom is -0.456 e. The van der Waals surface area contributed by atoms with Crippen LogP contribution in [-0.2, 0) is 9.53 Å². The highest BCUT2D eigenvalue weighted by molar-refractivity contribution is 5.87. The molecule has 2 atom stereocenters. The first-order chi connectivity index (χ1) is 7.41. The van der Waals surface area contributed by atoms with Crippen LogP contribution in [0.15, 0.2) is 12.2 Å². The van der Waals surface area contributed by atoms with Crippen LogP contribution in [0.25, 0.3) is 0 Å². The molecule has 16 heavy (non-hydrogen) atoms. The van der Waals surface area contributed by atoms with Gasteiger partial charge in [-0.05, 0) is 44.4 Å². The molecule has 0 aliphatic heterocycles. The van der Waals surface area contributed by atoms with E-state index < -0.39 is 5.60 Å². The van der Waals surface area contributed by atoms with Crippen molar-refractivity contribution in [2.24, 2.45) is 11.8 Å². The van der Waals surface area contributed by atoms with Crippen LogP contribution in [0.3, 0.4) is 0 Å². The second-order valence-corrected chi connectivity index (χ2v) is 6.09. The minimum atomic E-state index is -0.554. The molecule has 0 spiro atoms. The van der Waals surface area contributed by atoms with Gasteiger partial charge in [-0.1, -0.05) is 6.58 Å². The van der Waals surface area contributed by atoms with Crippen molar-refractivity contribution >= 4 is 5.97 Å². The monoisotopic (exact) mass is 222 g/mol. The van der Waals surface area contributed by atoms with Gasteiger partial charge in [0.15, 0.2) is 0 Å². The van der Waals surface area contributed by atoms with E-state index in [2.05, 4.69) is 6.58 Å². The lowest BCUT2D eigenvalue weighted by Gasteiger charge is -2.42. The van der Waals surface area contributed by atoms with E-state index in [0.717, 1.165) is 25.7 Å². The van der Waals surface area contributed by atoms with Crippen LogP contribution in [-0.4, -0.2) is 22.3 Å². The first-order valence-corrected chi connectivity index (χ1v) is 6.03. The van der Waals surface area contributed by atoms with Gasteiger partial charge in [-0.3, -0.25) is 0 Å². The maximum absolute atomic E-state index is 11.6. The number of carbonyl (C=O) groups is 1. The quantitative estimate of drug-likeness (QED) is 0.572. The smallest absolute Gasteiger partial charge is 0.333 e. The van der Waals surface area contributed by atoms with Gasteiger partial charge < -0.3 is 9.84 Å². The van der Waals surface area contributed by atoms with E-state index in [1.165, 1.54) is 0 Å². The molecule has 4 rings (SSSR count). The summed E-state index contributed by atoms with van der Waals surface area (Å²) in [4.78, 5) is 11.6. The molecule has 2 unspecified atom stereocenters. The Hall–Kier alpha value is -0.830. The maximum Gasteiger partial charge on any atom is 0.333 e. The fourth-order valence-corrected chi connectivity index (χ4v) is 4.20. The number of rotatable bonds is 2. The topological polar surface area (TPSA) is 46.5 Å². The number of ether oxygens (including phenoxy) is 1. The van der Waals surface area contributed by atoms with Crippen LogP contribution in [0, 0.1) is 11.8 Å². The number of esters is 1. The number of carbonyl (C=O) groups excluding carboxylic acids is 1. The molecule has 4 aliphatic rings. The number of hydrogen-bond acceptors (Lipinski definition) is 3. The zero-order valence-electron chi connectivity index (χ0n) is 9.66. The van der Waals surface area contributed by atoms with Gasteiger partial charge in [0.2, 0.25) is 0 Å². The molecule has 0 aromatic rings. The summed E-state index contributed by atoms with van der Waals surface area (Å²) in [7, 11) is 0. The SMILES string of the molecule is C=C(C)C(=O)OC12CC3CC(O)(CC3C1)C2. The zero-order chi connectivity index (χ0) is 11.6. The van der Waals surface area contributed by atoms with Gasteiger partial charge >= 0.3 is 5.97 Å². The molecule has 4 aliphatic carbocycles. The Labute approximate surface area is 95.5 Å². The molecule has 4 fully saturated rings. The van der Waals surface area contributed by atoms with Gasteiger partial charge in [0, 0.05) is 12.0 Å². The lowest BCUT2D eigenvalue weighted by molar-refractivity contribution is -0.169. The Bertz CT molecular complexity index is 357. The van der Waals surface area contributed by atoms with E-state index in [4.69, 9.17) is 4.74 Å². The summed E-state index contributed by atoms with van der Waals surface area (Å²) in [6, 6.07) is 0. The van der Waals surface area contributed by atoms with Gasteiger partial charge in [0.05, 0.1) is 5.60 Å². The molecular formula is C13H18O3. The molecule has 88 valence electrons. The maximum atomic E-state index is 11.6. The van der Waals surface area contributed by atoms with Crippen molar-refractivity contribution in [3.05, 3.63) is 12.2 Å². The second-order valence-electron chi connectivity index (χ2n) is 6.09. The summed E-state index contributed by atoms with van der Waals surface area (Å²) in [5.41, 5.74) is -0.485. The van der Waals surface area contributed by atoms with Crippen molar-refractivity contribution in [1.29, 1.82) is 0 Å². The van der Waals surface area contributed by atoms with Crippen LogP contribution in [0.2, 0.25) is 0 Å². The Kier molecular flexibility index (Phi) is 1.87. The Balaban J connectivity index is 1.81. The van der Waals surface area contributed by atoms with E-state index in [1.54, 1.807) is 6.92 Å². The van der Waals surface area contributed by atoms with Crippen LogP contribution in [0.5, 0.6) is 0 Å². The largest absolute Gasteiger partial charge is 0.456 e. The molecule has 0 saturated heterocycles. The molecule has 1 N–H and O–H groups in total. The molecule has 0 heterocycles. The summed E-state index contributed by atoms with van der Waals surface area (Å²) in [5, 5.41) is 10.3. The second kappa shape index (κ2) is 2.89. The van der Waals surface area contributed by atoms with Crippen molar-refractivity contribution < 1.29 is 14.6 Å². The van der Waals surface area contributed by atoms with E-state index in [0.29, 0.717) is 23.8 Å². The van der Waals surface area contributed by atoms with Gasteiger partial charge in [0.25, 0.3) is 0 Å². The van der Waals surface area contributed by atoms with Gasteiger partial charge in [-0.25, -0.2) is 4.79 Å². The molecule has 0 aromatic heterocycles. The minimum absolute atomic E-state index is 0.300. The van der Waals surface area contributed by atoms with Crippen LogP contribution >= 0.6 is 0 Å². The van der Waals surface area contributed by atoms with Crippen LogP contribution in [0.4, 0.5) is 0 Å². The highest BCUT2D eigenvalue weighted by Gasteiger charge is 2.63. The van der Waals surface area contributed by atoms with E-state index in [9.17, 15) is 9.90 Å². The average Bonchev–Trinajstić information content (AvgIpc) is 2.48. The highest BCUT2D eigenvalue weighted by Crippen LogP contribution is 2.63. The predicted molar refractivity (Wildman–Crippen MR) is 58.7 cm³/mol. The normalized spacial score (nSPS) is 48.4. The number of aliphatic hydroxyl groups is 1. The van der Waals surface area contributed by atoms with Crippen molar-refractivity contribution in [3.63, 3.8) is 0 Å². The van der Waals surface area contributed by atoms with Gasteiger partial charge in [0.1, 0.15) is 5.60 Å². The lowest BCUT2D eigenvalue weighted by Crippen LogP contribution is -2.47. The molecular weight excluding hydrogens is 204 g/mol. The summed E-state index contributed by atoms with van der Waals surface area (Å²) >= 11 is 0. The van der Waals surface area contributed by atoms with Gasteiger partial charge in [-0.2, -0.15) is 0 Å². The molecule has 3 heteroatoms. The van der Waals surface area contributed by atoms with Gasteiger partial charge in [-0.15, -0.1) is 0 Å². The third-order valence-corrected chi connectivity index (χ3v) is 4.53. The Morgan fingerprint density at radius 1 is 1.31 bits per heavy atom. The van der Waals surface area contributed by atoms with E-state index in [-0.39, 0.29) is 11.6 Å². The van der Waals surface area contributed by atoms with Crippen LogP contribution < -0.4 is 0 Å². The van der Waals surface area contributed by atoms with Crippen molar-refractivity contribution in [2.45, 2.75) is 50.2 Å². The standard InChI is InChI=1S/C13H18O3/c1-8(2)11(14)16-13-5-9-3-12(15,7-13)4-10(9)6-13/h9-10,15H,1,3-7H2,2H3. The molecule has 0 amide bonds. The summed E-state index contributed by atoms with van der Waals surface area (Å²) in [6.45, 7) is 5.28. The van der Waals surface area contributed by atoms with Crippen molar-refractivity contribution in [3.8, 4) is 0 Å². The lowest BCUT2D eigenvalue weighted by atomic mass is 9.75. The van der Waals surface area contributed by atoms with E-state index in [1.807, 2.05) is 0 Å². The highest BCUT2D eigenvalue weighted by atomic mass is 16.6. The zero-order valence-corrected chi connectivity index (χ0v) is 9.66. The Morgan fingerprint density at radius 2 is 1.88 bits per heavy atom. The Morgan fingerprint density at radius 3 is 2.31 bits per heavy atom. The van der Waals surface area contributed by atoms with Crippen molar-refractivity contribution in [2.75, 3.05) is 0 Å². The first kappa shape index (κ1) is 10.3. The van der Waals surface area contributed by atoms with Crippen LogP contribution in [0.1, 0.15) is 39.0 Å². The first-order valence-electron chi connectivity index (χ1n) is 6.03.